The minimum absolute atomic E-state index is 0.150. The number of hydrogen-bond acceptors (Lipinski definition) is 1. The van der Waals surface area contributed by atoms with E-state index in [1.54, 1.807) is 0 Å². The average molecular weight is 292 g/mol. The molecule has 1 N–H and O–H groups in total. The summed E-state index contributed by atoms with van der Waals surface area (Å²) in [5.74, 6) is 0. The van der Waals surface area contributed by atoms with Crippen molar-refractivity contribution in [3.8, 4) is 0 Å². The van der Waals surface area contributed by atoms with E-state index in [1.165, 1.54) is 31.8 Å². The van der Waals surface area contributed by atoms with Crippen LogP contribution in [0.1, 0.15) is 11.1 Å². The lowest BCUT2D eigenvalue weighted by Gasteiger charge is -2.04. The van der Waals surface area contributed by atoms with Gasteiger partial charge in [0.25, 0.3) is 0 Å². The Morgan fingerprint density at radius 3 is 2.67 bits per heavy atom. The summed E-state index contributed by atoms with van der Waals surface area (Å²) in [7, 11) is 1.27. The molecule has 0 radical (unpaired) electrons. The molecule has 12 heavy (non-hydrogen) atoms. The predicted molar refractivity (Wildman–Crippen MR) is 63.5 cm³/mol. The van der Waals surface area contributed by atoms with Gasteiger partial charge in [0, 0.05) is 13.8 Å². The molecule has 0 bridgehead atoms. The largest absolute Gasteiger partial charge is 0.392 e. The van der Waals surface area contributed by atoms with Crippen molar-refractivity contribution in [3.63, 3.8) is 0 Å². The summed E-state index contributed by atoms with van der Waals surface area (Å²) >= 11 is 2.34. The van der Waals surface area contributed by atoms with Gasteiger partial charge in [-0.2, -0.15) is 0 Å². The van der Waals surface area contributed by atoms with E-state index in [-0.39, 0.29) is 6.61 Å². The van der Waals surface area contributed by atoms with Crippen molar-refractivity contribution in [2.24, 2.45) is 0 Å². The molecule has 0 fully saturated rings. The summed E-state index contributed by atoms with van der Waals surface area (Å²) in [5, 5.41) is 8.89. The quantitative estimate of drug-likeness (QED) is 0.653. The van der Waals surface area contributed by atoms with Crippen LogP contribution in [0.5, 0.6) is 0 Å². The molecule has 0 spiro atoms. The van der Waals surface area contributed by atoms with Gasteiger partial charge in [0.05, 0.1) is 6.61 Å². The molecule has 0 aliphatic rings. The van der Waals surface area contributed by atoms with Crippen LogP contribution in [0.15, 0.2) is 18.2 Å². The maximum atomic E-state index is 8.89. The van der Waals surface area contributed by atoms with Crippen LogP contribution in [0.3, 0.4) is 0 Å². The Kier molecular flexibility index (Phi) is 4.24. The van der Waals surface area contributed by atoms with E-state index >= 15 is 0 Å². The van der Waals surface area contributed by atoms with E-state index in [1.807, 2.05) is 6.07 Å². The summed E-state index contributed by atoms with van der Waals surface area (Å²) < 4.78 is 1.29. The highest BCUT2D eigenvalue weighted by Crippen LogP contribution is 2.15. The summed E-state index contributed by atoms with van der Waals surface area (Å²) in [6, 6.07) is 7.52. The topological polar surface area (TPSA) is 20.2 Å². The molecule has 66 valence electrons. The molecule has 0 heterocycles. The molecule has 0 atom stereocenters. The van der Waals surface area contributed by atoms with Gasteiger partial charge in [0.2, 0.25) is 0 Å². The molecule has 0 amide bonds. The second-order valence-corrected chi connectivity index (χ2v) is 5.00. The van der Waals surface area contributed by atoms with Gasteiger partial charge in [-0.15, -0.1) is 0 Å². The number of benzene rings is 1. The fraction of sp³-hybridized carbons (Fsp3) is 0.333. The second kappa shape index (κ2) is 4.99. The lowest BCUT2D eigenvalue weighted by molar-refractivity contribution is 0.281. The van der Waals surface area contributed by atoms with E-state index in [9.17, 15) is 0 Å². The maximum absolute atomic E-state index is 8.89. The first kappa shape index (κ1) is 10.2. The highest BCUT2D eigenvalue weighted by molar-refractivity contribution is 14.1. The Bertz CT molecular complexity index is 263. The monoisotopic (exact) mass is 292 g/mol. The molecular weight excluding hydrogens is 279 g/mol. The van der Waals surface area contributed by atoms with Crippen LogP contribution in [0.4, 0.5) is 0 Å². The van der Waals surface area contributed by atoms with Crippen LogP contribution in [-0.4, -0.2) is 15.3 Å². The van der Waals surface area contributed by atoms with Crippen molar-refractivity contribution < 1.29 is 5.11 Å². The van der Waals surface area contributed by atoms with Crippen molar-refractivity contribution in [2.75, 3.05) is 0 Å². The van der Waals surface area contributed by atoms with Crippen LogP contribution in [0, 0.1) is 3.57 Å². The normalized spacial score (nSPS) is 10.5. The zero-order chi connectivity index (χ0) is 8.97. The summed E-state index contributed by atoms with van der Waals surface area (Å²) in [4.78, 5) is 0. The number of rotatable bonds is 3. The first-order valence-electron chi connectivity index (χ1n) is 4.16. The van der Waals surface area contributed by atoms with E-state index in [4.69, 9.17) is 5.11 Å². The first-order valence-corrected chi connectivity index (χ1v) is 6.65. The van der Waals surface area contributed by atoms with Gasteiger partial charge < -0.3 is 5.11 Å². The average Bonchev–Trinajstić information content (AvgIpc) is 2.09. The molecule has 0 aliphatic heterocycles. The second-order valence-electron chi connectivity index (χ2n) is 2.83. The Morgan fingerprint density at radius 1 is 1.42 bits per heavy atom. The number of aryl methyl sites for hydroxylation is 1. The van der Waals surface area contributed by atoms with Gasteiger partial charge in [-0.25, -0.2) is 0 Å². The Balaban J connectivity index is 2.87. The third-order valence-corrected chi connectivity index (χ3v) is 3.32. The molecule has 1 rings (SSSR count). The summed E-state index contributed by atoms with van der Waals surface area (Å²) in [6.45, 7) is 0.150. The standard InChI is InChI=1S/C9H13IOSi/c10-9-5-7(6-11)1-2-8(9)3-4-12/h1-2,5,11H,3-4,6H2,12H3. The number of aliphatic hydroxyl groups is 1. The number of aliphatic hydroxyl groups excluding tert-OH is 1. The fourth-order valence-electron chi connectivity index (χ4n) is 1.16. The Labute approximate surface area is 89.8 Å². The zero-order valence-electron chi connectivity index (χ0n) is 7.18. The number of hydrogen-bond donors (Lipinski definition) is 1. The Hall–Kier alpha value is 0.127. The van der Waals surface area contributed by atoms with Crippen LogP contribution in [-0.2, 0) is 13.0 Å². The van der Waals surface area contributed by atoms with Crippen molar-refractivity contribution in [2.45, 2.75) is 19.1 Å². The molecule has 0 unspecified atom stereocenters. The van der Waals surface area contributed by atoms with Gasteiger partial charge in [-0.1, -0.05) is 18.2 Å². The van der Waals surface area contributed by atoms with Crippen molar-refractivity contribution in [1.29, 1.82) is 0 Å². The maximum Gasteiger partial charge on any atom is 0.0682 e. The zero-order valence-corrected chi connectivity index (χ0v) is 11.3. The molecule has 0 saturated carbocycles. The van der Waals surface area contributed by atoms with Gasteiger partial charge in [0.1, 0.15) is 0 Å². The third-order valence-electron chi connectivity index (χ3n) is 1.82. The SMILES string of the molecule is OCc1ccc(CC[SiH3])c(I)c1. The van der Waals surface area contributed by atoms with Crippen LogP contribution in [0.2, 0.25) is 6.04 Å². The third kappa shape index (κ3) is 2.57. The highest BCUT2D eigenvalue weighted by atomic mass is 127. The molecule has 0 aromatic heterocycles. The summed E-state index contributed by atoms with van der Waals surface area (Å²) in [6.07, 6.45) is 1.19. The molecule has 0 saturated heterocycles. The molecule has 3 heteroatoms. The fourth-order valence-corrected chi connectivity index (χ4v) is 2.55. The molecular formula is C9H13IOSi. The van der Waals surface area contributed by atoms with Gasteiger partial charge in [0.15, 0.2) is 0 Å². The van der Waals surface area contributed by atoms with Gasteiger partial charge >= 0.3 is 0 Å². The first-order chi connectivity index (χ1) is 5.77. The van der Waals surface area contributed by atoms with E-state index in [0.29, 0.717) is 0 Å². The van der Waals surface area contributed by atoms with Crippen LogP contribution < -0.4 is 0 Å². The smallest absolute Gasteiger partial charge is 0.0682 e. The summed E-state index contributed by atoms with van der Waals surface area (Å²) in [5.41, 5.74) is 2.43. The molecule has 1 aromatic carbocycles. The van der Waals surface area contributed by atoms with Crippen LogP contribution >= 0.6 is 22.6 Å². The molecule has 1 nitrogen and oxygen atoms in total. The lowest BCUT2D eigenvalue weighted by atomic mass is 10.1. The van der Waals surface area contributed by atoms with Crippen molar-refractivity contribution in [1.82, 2.24) is 0 Å². The molecule has 0 aliphatic carbocycles. The Morgan fingerprint density at radius 2 is 2.17 bits per heavy atom. The van der Waals surface area contributed by atoms with Crippen LogP contribution in [0.25, 0.3) is 0 Å². The minimum Gasteiger partial charge on any atom is -0.392 e. The van der Waals surface area contributed by atoms with E-state index in [0.717, 1.165) is 5.56 Å². The van der Waals surface area contributed by atoms with E-state index < -0.39 is 0 Å². The van der Waals surface area contributed by atoms with E-state index in [2.05, 4.69) is 34.7 Å². The lowest BCUT2D eigenvalue weighted by Crippen LogP contribution is -1.91. The van der Waals surface area contributed by atoms with Crippen molar-refractivity contribution in [3.05, 3.63) is 32.9 Å². The minimum atomic E-state index is 0.150. The number of halogens is 1. The van der Waals surface area contributed by atoms with Crippen molar-refractivity contribution >= 4 is 32.8 Å². The van der Waals surface area contributed by atoms with Gasteiger partial charge in [-0.05, 0) is 46.2 Å². The highest BCUT2D eigenvalue weighted by Gasteiger charge is 1.99. The molecule has 1 aromatic rings. The predicted octanol–water partition coefficient (Wildman–Crippen LogP) is 1.11. The van der Waals surface area contributed by atoms with Gasteiger partial charge in [-0.3, -0.25) is 0 Å².